The number of ether oxygens (including phenoxy) is 1. The first-order chi connectivity index (χ1) is 13.5. The van der Waals surface area contributed by atoms with E-state index in [0.717, 1.165) is 75.9 Å². The van der Waals surface area contributed by atoms with Gasteiger partial charge in [-0.05, 0) is 12.8 Å². The molecule has 9 heteroatoms. The van der Waals surface area contributed by atoms with Gasteiger partial charge >= 0.3 is 5.97 Å². The van der Waals surface area contributed by atoms with Crippen LogP contribution in [0.4, 0.5) is 11.4 Å². The van der Waals surface area contributed by atoms with Crippen LogP contribution in [0.3, 0.4) is 0 Å². The normalized spacial score (nSPS) is 10.4. The van der Waals surface area contributed by atoms with E-state index < -0.39 is 27.2 Å². The number of nitrogens with zero attached hydrogens (tertiary/aromatic N) is 2. The van der Waals surface area contributed by atoms with Crippen molar-refractivity contribution >= 4 is 23.6 Å². The maximum atomic E-state index is 12.0. The van der Waals surface area contributed by atoms with E-state index in [0.29, 0.717) is 12.8 Å². The SMILES string of the molecule is O=CCCCCCCCCCCCOC(=O)c1cc([N+](=O)[O-])cc([N+](=O)[O-])c1. The quantitative estimate of drug-likeness (QED) is 0.138. The van der Waals surface area contributed by atoms with Crippen molar-refractivity contribution in [2.75, 3.05) is 6.61 Å². The molecule has 0 heterocycles. The monoisotopic (exact) mass is 394 g/mol. The van der Waals surface area contributed by atoms with Gasteiger partial charge in [-0.15, -0.1) is 0 Å². The highest BCUT2D eigenvalue weighted by Gasteiger charge is 2.20. The minimum absolute atomic E-state index is 0.168. The fourth-order valence-corrected chi connectivity index (χ4v) is 2.74. The van der Waals surface area contributed by atoms with Crippen molar-refractivity contribution in [3.63, 3.8) is 0 Å². The molecule has 28 heavy (non-hydrogen) atoms. The van der Waals surface area contributed by atoms with E-state index in [1.165, 1.54) is 0 Å². The highest BCUT2D eigenvalue weighted by Crippen LogP contribution is 2.23. The lowest BCUT2D eigenvalue weighted by Crippen LogP contribution is -2.08. The summed E-state index contributed by atoms with van der Waals surface area (Å²) in [6.45, 7) is 0.168. The molecule has 0 N–H and O–H groups in total. The topological polar surface area (TPSA) is 130 Å². The molecule has 0 radical (unpaired) electrons. The van der Waals surface area contributed by atoms with Crippen molar-refractivity contribution in [1.29, 1.82) is 0 Å². The molecule has 0 bridgehead atoms. The van der Waals surface area contributed by atoms with Crippen LogP contribution in [0.2, 0.25) is 0 Å². The van der Waals surface area contributed by atoms with E-state index in [-0.39, 0.29) is 12.2 Å². The van der Waals surface area contributed by atoms with Crippen molar-refractivity contribution in [1.82, 2.24) is 0 Å². The minimum atomic E-state index is -0.804. The van der Waals surface area contributed by atoms with E-state index in [2.05, 4.69) is 0 Å². The first-order valence-electron chi connectivity index (χ1n) is 9.50. The predicted molar refractivity (Wildman–Crippen MR) is 102 cm³/mol. The molecule has 0 aliphatic carbocycles. The average molecular weight is 394 g/mol. The summed E-state index contributed by atoms with van der Waals surface area (Å²) in [5, 5.41) is 21.7. The maximum Gasteiger partial charge on any atom is 0.338 e. The van der Waals surface area contributed by atoms with Crippen LogP contribution in [-0.4, -0.2) is 28.7 Å². The van der Waals surface area contributed by atoms with Crippen LogP contribution in [0.1, 0.15) is 74.6 Å². The zero-order chi connectivity index (χ0) is 20.8. The van der Waals surface area contributed by atoms with Gasteiger partial charge in [-0.1, -0.05) is 44.9 Å². The summed E-state index contributed by atoms with van der Waals surface area (Å²) in [7, 11) is 0. The van der Waals surface area contributed by atoms with Crippen LogP contribution in [0, 0.1) is 20.2 Å². The van der Waals surface area contributed by atoms with Gasteiger partial charge in [0.05, 0.1) is 28.1 Å². The van der Waals surface area contributed by atoms with Gasteiger partial charge in [0.1, 0.15) is 6.29 Å². The standard InChI is InChI=1S/C19H26N2O7/c22-11-9-7-5-3-1-2-4-6-8-10-12-28-19(23)16-13-17(20(24)25)15-18(14-16)21(26)27/h11,13-15H,1-10,12H2. The van der Waals surface area contributed by atoms with Crippen molar-refractivity contribution in [3.8, 4) is 0 Å². The summed E-state index contributed by atoms with van der Waals surface area (Å²) in [6.07, 6.45) is 10.8. The van der Waals surface area contributed by atoms with Gasteiger partial charge < -0.3 is 9.53 Å². The van der Waals surface area contributed by atoms with Crippen molar-refractivity contribution in [2.24, 2.45) is 0 Å². The Labute approximate surface area is 163 Å². The second-order valence-corrected chi connectivity index (χ2v) is 6.53. The second-order valence-electron chi connectivity index (χ2n) is 6.53. The molecule has 1 aromatic rings. The molecule has 0 aliphatic heterocycles. The van der Waals surface area contributed by atoms with Crippen LogP contribution in [-0.2, 0) is 9.53 Å². The molecule has 154 valence electrons. The third-order valence-electron chi connectivity index (χ3n) is 4.26. The summed E-state index contributed by atoms with van der Waals surface area (Å²) in [4.78, 5) is 42.3. The van der Waals surface area contributed by atoms with Crippen LogP contribution in [0.25, 0.3) is 0 Å². The Balaban J connectivity index is 2.24. The molecule has 0 spiro atoms. The van der Waals surface area contributed by atoms with E-state index in [1.807, 2.05) is 0 Å². The largest absolute Gasteiger partial charge is 0.462 e. The predicted octanol–water partition coefficient (Wildman–Crippen LogP) is 4.76. The zero-order valence-corrected chi connectivity index (χ0v) is 15.8. The lowest BCUT2D eigenvalue weighted by Gasteiger charge is -2.05. The first-order valence-corrected chi connectivity index (χ1v) is 9.50. The number of nitro groups is 2. The Morgan fingerprint density at radius 3 is 1.75 bits per heavy atom. The Hall–Kier alpha value is -2.84. The number of nitro benzene ring substituents is 2. The van der Waals surface area contributed by atoms with Gasteiger partial charge in [0, 0.05) is 18.6 Å². The molecule has 0 saturated carbocycles. The van der Waals surface area contributed by atoms with E-state index in [9.17, 15) is 29.8 Å². The number of benzene rings is 1. The molecule has 0 atom stereocenters. The number of aldehydes is 1. The van der Waals surface area contributed by atoms with E-state index in [1.54, 1.807) is 0 Å². The molecule has 0 fully saturated rings. The third kappa shape index (κ3) is 9.20. The fraction of sp³-hybridized carbons (Fsp3) is 0.579. The van der Waals surface area contributed by atoms with Crippen molar-refractivity contribution < 1.29 is 24.2 Å². The Bertz CT molecular complexity index is 644. The van der Waals surface area contributed by atoms with Gasteiger partial charge in [-0.2, -0.15) is 0 Å². The number of hydrogen-bond acceptors (Lipinski definition) is 7. The molecule has 1 aromatic carbocycles. The number of carbonyl (C=O) groups is 2. The van der Waals surface area contributed by atoms with Crippen LogP contribution >= 0.6 is 0 Å². The zero-order valence-electron chi connectivity index (χ0n) is 15.8. The van der Waals surface area contributed by atoms with Gasteiger partial charge in [-0.3, -0.25) is 20.2 Å². The second kappa shape index (κ2) is 13.3. The Morgan fingerprint density at radius 1 is 0.821 bits per heavy atom. The maximum absolute atomic E-state index is 12.0. The number of non-ortho nitro benzene ring substituents is 2. The molecule has 0 saturated heterocycles. The highest BCUT2D eigenvalue weighted by molar-refractivity contribution is 5.91. The summed E-state index contributed by atoms with van der Waals surface area (Å²) in [5.41, 5.74) is -1.24. The van der Waals surface area contributed by atoms with E-state index >= 15 is 0 Å². The lowest BCUT2D eigenvalue weighted by molar-refractivity contribution is -0.394. The molecular formula is C19H26N2O7. The van der Waals surface area contributed by atoms with Gasteiger partial charge in [0.15, 0.2) is 0 Å². The number of rotatable bonds is 15. The Morgan fingerprint density at radius 2 is 1.29 bits per heavy atom. The van der Waals surface area contributed by atoms with Crippen LogP contribution < -0.4 is 0 Å². The lowest BCUT2D eigenvalue weighted by atomic mass is 10.1. The van der Waals surface area contributed by atoms with E-state index in [4.69, 9.17) is 4.74 Å². The first kappa shape index (κ1) is 23.2. The average Bonchev–Trinajstić information content (AvgIpc) is 2.68. The van der Waals surface area contributed by atoms with Crippen molar-refractivity contribution in [2.45, 2.75) is 64.2 Å². The fourth-order valence-electron chi connectivity index (χ4n) is 2.74. The van der Waals surface area contributed by atoms with Gasteiger partial charge in [0.25, 0.3) is 11.4 Å². The molecular weight excluding hydrogens is 368 g/mol. The highest BCUT2D eigenvalue weighted by atomic mass is 16.6. The minimum Gasteiger partial charge on any atom is -0.462 e. The smallest absolute Gasteiger partial charge is 0.338 e. The summed E-state index contributed by atoms with van der Waals surface area (Å²) >= 11 is 0. The molecule has 1 rings (SSSR count). The number of carbonyl (C=O) groups excluding carboxylic acids is 2. The third-order valence-corrected chi connectivity index (χ3v) is 4.26. The summed E-state index contributed by atoms with van der Waals surface area (Å²) in [6, 6.07) is 2.76. The van der Waals surface area contributed by atoms with Gasteiger partial charge in [-0.25, -0.2) is 4.79 Å². The Kier molecular flexibility index (Phi) is 11.1. The summed E-state index contributed by atoms with van der Waals surface area (Å²) < 4.78 is 5.07. The van der Waals surface area contributed by atoms with Crippen LogP contribution in [0.15, 0.2) is 18.2 Å². The summed E-state index contributed by atoms with van der Waals surface area (Å²) in [5.74, 6) is -0.804. The number of hydrogen-bond donors (Lipinski definition) is 0. The molecule has 0 amide bonds. The number of esters is 1. The van der Waals surface area contributed by atoms with Crippen molar-refractivity contribution in [3.05, 3.63) is 44.0 Å². The molecule has 9 nitrogen and oxygen atoms in total. The van der Waals surface area contributed by atoms with Crippen LogP contribution in [0.5, 0.6) is 0 Å². The molecule has 0 aromatic heterocycles. The molecule has 0 aliphatic rings. The number of unbranched alkanes of at least 4 members (excludes halogenated alkanes) is 9. The molecule has 0 unspecified atom stereocenters. The van der Waals surface area contributed by atoms with Gasteiger partial charge in [0.2, 0.25) is 0 Å².